The first-order valence-corrected chi connectivity index (χ1v) is 9.80. The lowest BCUT2D eigenvalue weighted by Gasteiger charge is -2.29. The molecule has 2 unspecified atom stereocenters. The number of piperidine rings is 1. The molecule has 154 valence electrons. The van der Waals surface area contributed by atoms with Gasteiger partial charge in [-0.25, -0.2) is 4.79 Å². The maximum Gasteiger partial charge on any atom is 0.407 e. The lowest BCUT2D eigenvalue weighted by atomic mass is 10.0. The largest absolute Gasteiger partial charge is 0.445 e. The highest BCUT2D eigenvalue weighted by molar-refractivity contribution is 6.05. The molecule has 3 aliphatic heterocycles. The minimum absolute atomic E-state index is 0.0938. The van der Waals surface area contributed by atoms with Crippen LogP contribution in [0.15, 0.2) is 18.2 Å². The number of carbonyl (C=O) groups excluding carboxylic acids is 4. The molecule has 2 saturated heterocycles. The van der Waals surface area contributed by atoms with E-state index in [1.165, 1.54) is 4.90 Å². The quantitative estimate of drug-likeness (QED) is 0.708. The molecule has 2 fully saturated rings. The minimum Gasteiger partial charge on any atom is -0.445 e. The molecule has 9 heteroatoms. The Morgan fingerprint density at radius 1 is 1.28 bits per heavy atom. The number of alkyl carbamates (subject to hydrolysis) is 1. The zero-order valence-electron chi connectivity index (χ0n) is 16.3. The lowest BCUT2D eigenvalue weighted by molar-refractivity contribution is -0.136. The van der Waals surface area contributed by atoms with Crippen molar-refractivity contribution < 1.29 is 23.9 Å². The summed E-state index contributed by atoms with van der Waals surface area (Å²) in [6, 6.07) is 4.80. The van der Waals surface area contributed by atoms with Crippen LogP contribution in [0.4, 0.5) is 4.79 Å². The van der Waals surface area contributed by atoms with Crippen LogP contribution >= 0.6 is 0 Å². The predicted octanol–water partition coefficient (Wildman–Crippen LogP) is 0.378. The third-order valence-corrected chi connectivity index (χ3v) is 5.65. The third-order valence-electron chi connectivity index (χ3n) is 5.65. The summed E-state index contributed by atoms with van der Waals surface area (Å²) < 4.78 is 5.40. The van der Waals surface area contributed by atoms with Gasteiger partial charge in [0.1, 0.15) is 12.1 Å². The highest BCUT2D eigenvalue weighted by atomic mass is 16.6. The van der Waals surface area contributed by atoms with E-state index in [2.05, 4.69) is 15.5 Å². The van der Waals surface area contributed by atoms with E-state index < -0.39 is 18.0 Å². The van der Waals surface area contributed by atoms with Gasteiger partial charge in [0.05, 0.1) is 0 Å². The Morgan fingerprint density at radius 3 is 2.83 bits per heavy atom. The summed E-state index contributed by atoms with van der Waals surface area (Å²) in [4.78, 5) is 51.9. The van der Waals surface area contributed by atoms with Crippen molar-refractivity contribution in [2.45, 2.75) is 44.5 Å². The van der Waals surface area contributed by atoms with Crippen LogP contribution in [0.3, 0.4) is 0 Å². The van der Waals surface area contributed by atoms with Crippen molar-refractivity contribution >= 4 is 23.8 Å². The zero-order chi connectivity index (χ0) is 20.5. The summed E-state index contributed by atoms with van der Waals surface area (Å²) in [7, 11) is 1.99. The van der Waals surface area contributed by atoms with E-state index >= 15 is 0 Å². The minimum atomic E-state index is -0.631. The van der Waals surface area contributed by atoms with E-state index in [-0.39, 0.29) is 30.9 Å². The van der Waals surface area contributed by atoms with Gasteiger partial charge in [0.15, 0.2) is 0 Å². The van der Waals surface area contributed by atoms with E-state index in [0.717, 1.165) is 30.6 Å². The van der Waals surface area contributed by atoms with Crippen molar-refractivity contribution in [3.63, 3.8) is 0 Å². The number of amides is 4. The molecule has 0 spiro atoms. The van der Waals surface area contributed by atoms with E-state index in [9.17, 15) is 19.2 Å². The van der Waals surface area contributed by atoms with E-state index in [1.54, 1.807) is 6.07 Å². The number of rotatable bonds is 4. The van der Waals surface area contributed by atoms with Crippen molar-refractivity contribution in [1.29, 1.82) is 0 Å². The second kappa shape index (κ2) is 7.82. The Kier molecular flexibility index (Phi) is 5.23. The second-order valence-electron chi connectivity index (χ2n) is 7.82. The molecular weight excluding hydrogens is 376 g/mol. The Hall–Kier alpha value is -2.94. The maximum atomic E-state index is 12.8. The molecule has 1 aromatic carbocycles. The number of likely N-dealkylation sites (N-methyl/N-ethyl adjacent to an activating group) is 1. The smallest absolute Gasteiger partial charge is 0.407 e. The number of hydrogen-bond donors (Lipinski definition) is 2. The fourth-order valence-electron chi connectivity index (χ4n) is 4.07. The molecule has 29 heavy (non-hydrogen) atoms. The standard InChI is InChI=1S/C20H24N4O5/c1-23-7-6-14(11-23)29-20(28)21-9-12-2-3-13-10-24(19(27)15(13)8-12)16-4-5-17(25)22-18(16)26/h2-3,8,14,16H,4-7,9-11H2,1H3,(H,21,28)(H,22,25,26). The van der Waals surface area contributed by atoms with Gasteiger partial charge in [-0.2, -0.15) is 0 Å². The topological polar surface area (TPSA) is 108 Å². The molecule has 2 N–H and O–H groups in total. The van der Waals surface area contributed by atoms with E-state index in [4.69, 9.17) is 4.74 Å². The van der Waals surface area contributed by atoms with Crippen molar-refractivity contribution in [2.75, 3.05) is 20.1 Å². The number of fused-ring (bicyclic) bond motifs is 1. The lowest BCUT2D eigenvalue weighted by Crippen LogP contribution is -2.52. The number of ether oxygens (including phenoxy) is 1. The number of hydrogen-bond acceptors (Lipinski definition) is 6. The Labute approximate surface area is 168 Å². The predicted molar refractivity (Wildman–Crippen MR) is 102 cm³/mol. The van der Waals surface area contributed by atoms with E-state index in [1.807, 2.05) is 19.2 Å². The second-order valence-corrected chi connectivity index (χ2v) is 7.82. The summed E-state index contributed by atoms with van der Waals surface area (Å²) in [6.45, 7) is 2.23. The van der Waals surface area contributed by atoms with Crippen LogP contribution in [0, 0.1) is 0 Å². The molecule has 9 nitrogen and oxygen atoms in total. The van der Waals surface area contributed by atoms with Crippen molar-refractivity contribution in [3.8, 4) is 0 Å². The van der Waals surface area contributed by atoms with Crippen molar-refractivity contribution in [3.05, 3.63) is 34.9 Å². The van der Waals surface area contributed by atoms with Gasteiger partial charge in [0, 0.05) is 38.2 Å². The number of imide groups is 1. The van der Waals surface area contributed by atoms with Crippen molar-refractivity contribution in [2.24, 2.45) is 0 Å². The van der Waals surface area contributed by atoms with Crippen LogP contribution in [-0.2, 0) is 27.4 Å². The summed E-state index contributed by atoms with van der Waals surface area (Å²) in [5, 5.41) is 5.02. The first-order valence-electron chi connectivity index (χ1n) is 9.80. The molecule has 0 aromatic heterocycles. The van der Waals surface area contributed by atoms with Crippen LogP contribution in [0.2, 0.25) is 0 Å². The summed E-state index contributed by atoms with van der Waals surface area (Å²) in [5.74, 6) is -0.961. The number of nitrogens with zero attached hydrogens (tertiary/aromatic N) is 2. The van der Waals surface area contributed by atoms with Crippen LogP contribution in [0.25, 0.3) is 0 Å². The average molecular weight is 400 g/mol. The SMILES string of the molecule is CN1CCC(OC(=O)NCc2ccc3c(c2)C(=O)N(C2CCC(=O)NC2=O)C3)C1. The molecular formula is C20H24N4O5. The first kappa shape index (κ1) is 19.4. The molecule has 4 rings (SSSR count). The molecule has 0 radical (unpaired) electrons. The average Bonchev–Trinajstić information content (AvgIpc) is 3.23. The third kappa shape index (κ3) is 4.09. The van der Waals surface area contributed by atoms with Gasteiger partial charge in [-0.05, 0) is 37.1 Å². The highest BCUT2D eigenvalue weighted by Gasteiger charge is 2.39. The molecule has 0 bridgehead atoms. The molecule has 0 aliphatic carbocycles. The first-order chi connectivity index (χ1) is 13.9. The van der Waals surface area contributed by atoms with Crippen LogP contribution in [-0.4, -0.2) is 65.9 Å². The fraction of sp³-hybridized carbons (Fsp3) is 0.500. The van der Waals surface area contributed by atoms with Crippen LogP contribution in [0.1, 0.15) is 40.7 Å². The van der Waals surface area contributed by atoms with Gasteiger partial charge in [0.25, 0.3) is 5.91 Å². The van der Waals surface area contributed by atoms with Gasteiger partial charge in [0.2, 0.25) is 11.8 Å². The summed E-state index contributed by atoms with van der Waals surface area (Å²) in [5.41, 5.74) is 2.14. The summed E-state index contributed by atoms with van der Waals surface area (Å²) >= 11 is 0. The van der Waals surface area contributed by atoms with Gasteiger partial charge in [-0.1, -0.05) is 12.1 Å². The fourth-order valence-corrected chi connectivity index (χ4v) is 4.07. The highest BCUT2D eigenvalue weighted by Crippen LogP contribution is 2.28. The van der Waals surface area contributed by atoms with Crippen LogP contribution in [0.5, 0.6) is 0 Å². The van der Waals surface area contributed by atoms with Crippen LogP contribution < -0.4 is 10.6 Å². The zero-order valence-corrected chi connectivity index (χ0v) is 16.3. The monoisotopic (exact) mass is 400 g/mol. The molecule has 0 saturated carbocycles. The van der Waals surface area contributed by atoms with Crippen molar-refractivity contribution in [1.82, 2.24) is 20.4 Å². The Balaban J connectivity index is 1.36. The maximum absolute atomic E-state index is 12.8. The number of likely N-dealkylation sites (tertiary alicyclic amines) is 1. The van der Waals surface area contributed by atoms with Gasteiger partial charge in [-0.15, -0.1) is 0 Å². The Morgan fingerprint density at radius 2 is 2.10 bits per heavy atom. The number of carbonyl (C=O) groups is 4. The summed E-state index contributed by atoms with van der Waals surface area (Å²) in [6.07, 6.45) is 0.824. The molecule has 1 aromatic rings. The van der Waals surface area contributed by atoms with Gasteiger partial charge >= 0.3 is 6.09 Å². The number of nitrogens with one attached hydrogen (secondary N) is 2. The normalized spacial score (nSPS) is 24.4. The molecule has 2 atom stereocenters. The molecule has 3 heterocycles. The number of benzene rings is 1. The Bertz CT molecular complexity index is 870. The van der Waals surface area contributed by atoms with Gasteiger partial charge < -0.3 is 19.9 Å². The molecule has 4 amide bonds. The van der Waals surface area contributed by atoms with Gasteiger partial charge in [-0.3, -0.25) is 19.7 Å². The molecule has 3 aliphatic rings. The van der Waals surface area contributed by atoms with E-state index in [0.29, 0.717) is 18.5 Å².